The fourth-order valence-electron chi connectivity index (χ4n) is 2.35. The topological polar surface area (TPSA) is 46.9 Å². The SMILES string of the molecule is Cc1ccc2cnn(CC3CCNC3=O)c2c1. The molecule has 1 aliphatic heterocycles. The molecule has 2 heterocycles. The molecule has 0 aliphatic carbocycles. The summed E-state index contributed by atoms with van der Waals surface area (Å²) in [6, 6.07) is 6.27. The van der Waals surface area contributed by atoms with Crippen molar-refractivity contribution in [2.45, 2.75) is 19.9 Å². The fraction of sp³-hybridized carbons (Fsp3) is 0.385. The molecule has 1 fully saturated rings. The first kappa shape index (κ1) is 10.3. The van der Waals surface area contributed by atoms with Crippen LogP contribution in [0, 0.1) is 12.8 Å². The standard InChI is InChI=1S/C13H15N3O/c1-9-2-3-10-7-15-16(12(10)6-9)8-11-4-5-14-13(11)17/h2-3,6-7,11H,4-5,8H2,1H3,(H,14,17). The van der Waals surface area contributed by atoms with E-state index in [1.165, 1.54) is 5.56 Å². The molecule has 1 amide bonds. The highest BCUT2D eigenvalue weighted by Gasteiger charge is 2.24. The molecular weight excluding hydrogens is 214 g/mol. The Kier molecular flexibility index (Phi) is 2.35. The van der Waals surface area contributed by atoms with Gasteiger partial charge in [-0.05, 0) is 25.0 Å². The summed E-state index contributed by atoms with van der Waals surface area (Å²) >= 11 is 0. The summed E-state index contributed by atoms with van der Waals surface area (Å²) in [5.41, 5.74) is 2.33. The summed E-state index contributed by atoms with van der Waals surface area (Å²) < 4.78 is 1.94. The molecule has 2 aromatic rings. The molecule has 1 aromatic heterocycles. The van der Waals surface area contributed by atoms with Crippen LogP contribution in [0.1, 0.15) is 12.0 Å². The van der Waals surface area contributed by atoms with E-state index in [4.69, 9.17) is 0 Å². The lowest BCUT2D eigenvalue weighted by Crippen LogP contribution is -2.22. The van der Waals surface area contributed by atoms with E-state index < -0.39 is 0 Å². The first-order valence-corrected chi connectivity index (χ1v) is 5.94. The van der Waals surface area contributed by atoms with Gasteiger partial charge < -0.3 is 5.32 Å². The van der Waals surface area contributed by atoms with Gasteiger partial charge in [-0.3, -0.25) is 9.48 Å². The van der Waals surface area contributed by atoms with Crippen LogP contribution in [0.2, 0.25) is 0 Å². The molecule has 4 heteroatoms. The van der Waals surface area contributed by atoms with Crippen LogP contribution < -0.4 is 5.32 Å². The Hall–Kier alpha value is -1.84. The van der Waals surface area contributed by atoms with Crippen molar-refractivity contribution >= 4 is 16.8 Å². The predicted molar refractivity (Wildman–Crippen MR) is 65.6 cm³/mol. The molecule has 1 saturated heterocycles. The van der Waals surface area contributed by atoms with E-state index in [0.29, 0.717) is 6.54 Å². The number of hydrogen-bond acceptors (Lipinski definition) is 2. The van der Waals surface area contributed by atoms with Gasteiger partial charge in [-0.25, -0.2) is 0 Å². The quantitative estimate of drug-likeness (QED) is 0.848. The molecule has 1 aliphatic rings. The van der Waals surface area contributed by atoms with Crippen molar-refractivity contribution in [1.82, 2.24) is 15.1 Å². The monoisotopic (exact) mass is 229 g/mol. The van der Waals surface area contributed by atoms with Gasteiger partial charge in [-0.2, -0.15) is 5.10 Å². The molecule has 1 unspecified atom stereocenters. The molecular formula is C13H15N3O. The van der Waals surface area contributed by atoms with E-state index in [1.54, 1.807) is 0 Å². The Morgan fingerprint density at radius 1 is 1.53 bits per heavy atom. The zero-order valence-electron chi connectivity index (χ0n) is 9.81. The second-order valence-electron chi connectivity index (χ2n) is 4.67. The summed E-state index contributed by atoms with van der Waals surface area (Å²) in [5.74, 6) is 0.222. The van der Waals surface area contributed by atoms with E-state index in [1.807, 2.05) is 10.9 Å². The van der Waals surface area contributed by atoms with E-state index in [0.717, 1.165) is 23.9 Å². The Labute approximate surface area is 99.6 Å². The zero-order valence-corrected chi connectivity index (χ0v) is 9.81. The number of aryl methyl sites for hydroxylation is 1. The van der Waals surface area contributed by atoms with E-state index in [2.05, 4.69) is 35.5 Å². The number of benzene rings is 1. The molecule has 17 heavy (non-hydrogen) atoms. The summed E-state index contributed by atoms with van der Waals surface area (Å²) in [6.07, 6.45) is 2.77. The molecule has 4 nitrogen and oxygen atoms in total. The summed E-state index contributed by atoms with van der Waals surface area (Å²) in [4.78, 5) is 11.6. The van der Waals surface area contributed by atoms with Gasteiger partial charge >= 0.3 is 0 Å². The highest BCUT2D eigenvalue weighted by molar-refractivity contribution is 5.82. The third-order valence-corrected chi connectivity index (χ3v) is 3.36. The number of hydrogen-bond donors (Lipinski definition) is 1. The van der Waals surface area contributed by atoms with Crippen LogP contribution in [-0.2, 0) is 11.3 Å². The highest BCUT2D eigenvalue weighted by Crippen LogP contribution is 2.19. The lowest BCUT2D eigenvalue weighted by atomic mass is 10.1. The molecule has 1 atom stereocenters. The lowest BCUT2D eigenvalue weighted by molar-refractivity contribution is -0.122. The van der Waals surface area contributed by atoms with Crippen LogP contribution >= 0.6 is 0 Å². The van der Waals surface area contributed by atoms with Crippen molar-refractivity contribution < 1.29 is 4.79 Å². The van der Waals surface area contributed by atoms with Crippen molar-refractivity contribution in [3.05, 3.63) is 30.0 Å². The number of nitrogens with one attached hydrogen (secondary N) is 1. The van der Waals surface area contributed by atoms with Crippen LogP contribution in [0.5, 0.6) is 0 Å². The average Bonchev–Trinajstić information content (AvgIpc) is 2.88. The molecule has 3 rings (SSSR count). The molecule has 1 N–H and O–H groups in total. The van der Waals surface area contributed by atoms with Crippen molar-refractivity contribution in [2.24, 2.45) is 5.92 Å². The van der Waals surface area contributed by atoms with Gasteiger partial charge in [0.1, 0.15) is 0 Å². The van der Waals surface area contributed by atoms with Crippen LogP contribution in [0.4, 0.5) is 0 Å². The first-order chi connectivity index (χ1) is 8.24. The van der Waals surface area contributed by atoms with Crippen molar-refractivity contribution in [3.8, 4) is 0 Å². The maximum atomic E-state index is 11.6. The minimum Gasteiger partial charge on any atom is -0.356 e. The number of nitrogens with zero attached hydrogens (tertiary/aromatic N) is 2. The average molecular weight is 229 g/mol. The number of rotatable bonds is 2. The molecule has 0 bridgehead atoms. The Morgan fingerprint density at radius 2 is 2.41 bits per heavy atom. The second kappa shape index (κ2) is 3.87. The largest absolute Gasteiger partial charge is 0.356 e. The van der Waals surface area contributed by atoms with Crippen LogP contribution in [0.25, 0.3) is 10.9 Å². The summed E-state index contributed by atoms with van der Waals surface area (Å²) in [7, 11) is 0. The van der Waals surface area contributed by atoms with Crippen molar-refractivity contribution in [1.29, 1.82) is 0 Å². The third-order valence-electron chi connectivity index (χ3n) is 3.36. The lowest BCUT2D eigenvalue weighted by Gasteiger charge is -2.08. The number of aromatic nitrogens is 2. The Bertz CT molecular complexity index is 573. The molecule has 0 saturated carbocycles. The van der Waals surface area contributed by atoms with Gasteiger partial charge in [0.25, 0.3) is 0 Å². The van der Waals surface area contributed by atoms with Crippen LogP contribution in [0.3, 0.4) is 0 Å². The number of carbonyl (C=O) groups excluding carboxylic acids is 1. The van der Waals surface area contributed by atoms with E-state index >= 15 is 0 Å². The third kappa shape index (κ3) is 1.79. The van der Waals surface area contributed by atoms with E-state index in [-0.39, 0.29) is 11.8 Å². The highest BCUT2D eigenvalue weighted by atomic mass is 16.2. The second-order valence-corrected chi connectivity index (χ2v) is 4.67. The predicted octanol–water partition coefficient (Wildman–Crippen LogP) is 1.48. The molecule has 88 valence electrons. The van der Waals surface area contributed by atoms with Crippen molar-refractivity contribution in [2.75, 3.05) is 6.54 Å². The van der Waals surface area contributed by atoms with Crippen LogP contribution in [0.15, 0.2) is 24.4 Å². The maximum absolute atomic E-state index is 11.6. The number of carbonyl (C=O) groups is 1. The molecule has 1 aromatic carbocycles. The normalized spacial score (nSPS) is 19.8. The first-order valence-electron chi connectivity index (χ1n) is 5.94. The smallest absolute Gasteiger partial charge is 0.225 e. The summed E-state index contributed by atoms with van der Waals surface area (Å²) in [5, 5.41) is 8.37. The molecule has 0 spiro atoms. The minimum atomic E-state index is 0.0682. The van der Waals surface area contributed by atoms with Gasteiger partial charge in [0.15, 0.2) is 0 Å². The van der Waals surface area contributed by atoms with Gasteiger partial charge in [0.05, 0.1) is 24.2 Å². The Balaban J connectivity index is 1.94. The Morgan fingerprint density at radius 3 is 3.18 bits per heavy atom. The van der Waals surface area contributed by atoms with Gasteiger partial charge in [-0.1, -0.05) is 12.1 Å². The zero-order chi connectivity index (χ0) is 11.8. The van der Waals surface area contributed by atoms with Gasteiger partial charge in [0.2, 0.25) is 5.91 Å². The van der Waals surface area contributed by atoms with Gasteiger partial charge in [0, 0.05) is 11.9 Å². The minimum absolute atomic E-state index is 0.0682. The van der Waals surface area contributed by atoms with Crippen LogP contribution in [-0.4, -0.2) is 22.2 Å². The fourth-order valence-corrected chi connectivity index (χ4v) is 2.35. The van der Waals surface area contributed by atoms with Gasteiger partial charge in [-0.15, -0.1) is 0 Å². The number of fused-ring (bicyclic) bond motifs is 1. The van der Waals surface area contributed by atoms with E-state index in [9.17, 15) is 4.79 Å². The van der Waals surface area contributed by atoms with Crippen molar-refractivity contribution in [3.63, 3.8) is 0 Å². The molecule has 0 radical (unpaired) electrons. The maximum Gasteiger partial charge on any atom is 0.225 e. The number of amides is 1. The summed E-state index contributed by atoms with van der Waals surface area (Å²) in [6.45, 7) is 3.54.